The largest absolute Gasteiger partial charge is 0.469 e. The molecule has 1 aliphatic rings. The maximum atomic E-state index is 12.9. The molecule has 1 atom stereocenters. The number of hydrogen-bond acceptors (Lipinski definition) is 4. The Balaban J connectivity index is 1.35. The second-order valence-corrected chi connectivity index (χ2v) is 7.77. The van der Waals surface area contributed by atoms with Crippen molar-refractivity contribution in [2.45, 2.75) is 45.2 Å². The molecule has 0 radical (unpaired) electrons. The van der Waals surface area contributed by atoms with Gasteiger partial charge in [-0.1, -0.05) is 0 Å². The van der Waals surface area contributed by atoms with E-state index < -0.39 is 0 Å². The molecule has 4 rings (SSSR count). The highest BCUT2D eigenvalue weighted by molar-refractivity contribution is 5.95. The minimum atomic E-state index is -0.127. The molecule has 0 aromatic carbocycles. The summed E-state index contributed by atoms with van der Waals surface area (Å²) in [6.07, 6.45) is 5.40. The predicted molar refractivity (Wildman–Crippen MR) is 113 cm³/mol. The normalized spacial score (nSPS) is 14.4. The van der Waals surface area contributed by atoms with E-state index in [1.807, 2.05) is 59.7 Å². The lowest BCUT2D eigenvalue weighted by Crippen LogP contribution is -2.39. The lowest BCUT2D eigenvalue weighted by Gasteiger charge is -2.27. The van der Waals surface area contributed by atoms with E-state index in [4.69, 9.17) is 4.42 Å². The Kier molecular flexibility index (Phi) is 5.74. The van der Waals surface area contributed by atoms with Crippen molar-refractivity contribution >= 4 is 17.6 Å². The molecule has 0 fully saturated rings. The highest BCUT2D eigenvalue weighted by atomic mass is 16.3. The average Bonchev–Trinajstić information content (AvgIpc) is 3.45. The highest BCUT2D eigenvalue weighted by Crippen LogP contribution is 2.28. The van der Waals surface area contributed by atoms with Gasteiger partial charge in [0.1, 0.15) is 17.3 Å². The monoisotopic (exact) mass is 409 g/mol. The van der Waals surface area contributed by atoms with Gasteiger partial charge in [-0.25, -0.2) is 4.68 Å². The van der Waals surface area contributed by atoms with Crippen LogP contribution in [0.25, 0.3) is 11.4 Å². The number of nitrogens with one attached hydrogen (secondary N) is 1. The van der Waals surface area contributed by atoms with Gasteiger partial charge < -0.3 is 14.3 Å². The van der Waals surface area contributed by atoms with Gasteiger partial charge in [0.05, 0.1) is 12.0 Å². The number of anilines is 1. The van der Waals surface area contributed by atoms with Crippen LogP contribution < -0.4 is 10.2 Å². The van der Waals surface area contributed by atoms with E-state index in [-0.39, 0.29) is 30.7 Å². The van der Waals surface area contributed by atoms with Crippen LogP contribution in [0.1, 0.15) is 31.9 Å². The molecule has 30 heavy (non-hydrogen) atoms. The lowest BCUT2D eigenvalue weighted by atomic mass is 10.1. The summed E-state index contributed by atoms with van der Waals surface area (Å²) in [6, 6.07) is 9.60. The number of nitrogens with zero attached hydrogens (tertiary/aromatic N) is 4. The van der Waals surface area contributed by atoms with Gasteiger partial charge in [0, 0.05) is 57.7 Å². The third kappa shape index (κ3) is 4.32. The van der Waals surface area contributed by atoms with Crippen LogP contribution in [0, 0.1) is 0 Å². The zero-order chi connectivity index (χ0) is 21.1. The molecule has 0 saturated heterocycles. The Morgan fingerprint density at radius 3 is 2.83 bits per heavy atom. The molecule has 3 aromatic heterocycles. The summed E-state index contributed by atoms with van der Waals surface area (Å²) in [5.74, 6) is 1.45. The van der Waals surface area contributed by atoms with E-state index in [0.717, 1.165) is 35.9 Å². The molecule has 8 nitrogen and oxygen atoms in total. The summed E-state index contributed by atoms with van der Waals surface area (Å²) >= 11 is 0. The van der Waals surface area contributed by atoms with E-state index >= 15 is 0 Å². The number of rotatable bonds is 7. The maximum Gasteiger partial charge on any atom is 0.228 e. The molecule has 3 aromatic rings. The fourth-order valence-electron chi connectivity index (χ4n) is 3.87. The number of carbonyl (C=O) groups is 2. The predicted octanol–water partition coefficient (Wildman–Crippen LogP) is 2.75. The fraction of sp³-hybridized carbons (Fsp3) is 0.409. The van der Waals surface area contributed by atoms with Crippen LogP contribution in [0.2, 0.25) is 0 Å². The number of aromatic nitrogens is 3. The smallest absolute Gasteiger partial charge is 0.228 e. The minimum absolute atomic E-state index is 0.0527. The summed E-state index contributed by atoms with van der Waals surface area (Å²) in [5, 5.41) is 7.61. The topological polar surface area (TPSA) is 85.3 Å². The van der Waals surface area contributed by atoms with Gasteiger partial charge in [0.15, 0.2) is 0 Å². The molecule has 2 amide bonds. The summed E-state index contributed by atoms with van der Waals surface area (Å²) in [7, 11) is 1.97. The van der Waals surface area contributed by atoms with Crippen molar-refractivity contribution in [3.63, 3.8) is 0 Å². The molecule has 0 saturated carbocycles. The molecular formula is C22H27N5O3. The summed E-state index contributed by atoms with van der Waals surface area (Å²) in [5.41, 5.74) is 1.86. The van der Waals surface area contributed by atoms with Crippen LogP contribution in [0.15, 0.2) is 47.2 Å². The van der Waals surface area contributed by atoms with Crippen molar-refractivity contribution in [1.82, 2.24) is 19.7 Å². The number of amides is 2. The number of furan rings is 1. The first kappa shape index (κ1) is 20.0. The molecule has 0 bridgehead atoms. The SMILES string of the molecule is CC(Cc1ccco1)NC(=O)CCC(=O)N1CCCn2nc(-c3cccn3C)cc21. The third-order valence-electron chi connectivity index (χ3n) is 5.35. The zero-order valence-electron chi connectivity index (χ0n) is 17.4. The van der Waals surface area contributed by atoms with Gasteiger partial charge in [0.2, 0.25) is 11.8 Å². The molecule has 1 aliphatic heterocycles. The Morgan fingerprint density at radius 2 is 2.10 bits per heavy atom. The van der Waals surface area contributed by atoms with Gasteiger partial charge in [-0.15, -0.1) is 0 Å². The van der Waals surface area contributed by atoms with Crippen molar-refractivity contribution in [2.24, 2.45) is 7.05 Å². The molecule has 0 spiro atoms. The van der Waals surface area contributed by atoms with Crippen molar-refractivity contribution in [1.29, 1.82) is 0 Å². The third-order valence-corrected chi connectivity index (χ3v) is 5.35. The number of fused-ring (bicyclic) bond motifs is 1. The van der Waals surface area contributed by atoms with Crippen LogP contribution in [0.4, 0.5) is 5.82 Å². The van der Waals surface area contributed by atoms with Gasteiger partial charge in [-0.05, 0) is 37.6 Å². The first-order valence-corrected chi connectivity index (χ1v) is 10.3. The first-order chi connectivity index (χ1) is 14.5. The highest BCUT2D eigenvalue weighted by Gasteiger charge is 2.25. The van der Waals surface area contributed by atoms with Crippen LogP contribution in [0.5, 0.6) is 0 Å². The van der Waals surface area contributed by atoms with Crippen molar-refractivity contribution in [2.75, 3.05) is 11.4 Å². The average molecular weight is 409 g/mol. The molecule has 0 aliphatic carbocycles. The van der Waals surface area contributed by atoms with E-state index in [1.54, 1.807) is 11.2 Å². The van der Waals surface area contributed by atoms with Crippen molar-refractivity contribution < 1.29 is 14.0 Å². The summed E-state index contributed by atoms with van der Waals surface area (Å²) < 4.78 is 9.20. The summed E-state index contributed by atoms with van der Waals surface area (Å²) in [4.78, 5) is 26.9. The summed E-state index contributed by atoms with van der Waals surface area (Å²) in [6.45, 7) is 3.36. The molecule has 1 N–H and O–H groups in total. The van der Waals surface area contributed by atoms with Gasteiger partial charge in [-0.3, -0.25) is 14.5 Å². The maximum absolute atomic E-state index is 12.9. The number of hydrogen-bond donors (Lipinski definition) is 1. The van der Waals surface area contributed by atoms with Crippen LogP contribution in [-0.4, -0.2) is 38.7 Å². The van der Waals surface area contributed by atoms with Crippen LogP contribution >= 0.6 is 0 Å². The van der Waals surface area contributed by atoms with Crippen LogP contribution in [-0.2, 0) is 29.6 Å². The molecule has 8 heteroatoms. The Hall–Kier alpha value is -3.29. The van der Waals surface area contributed by atoms with E-state index in [9.17, 15) is 9.59 Å². The quantitative estimate of drug-likeness (QED) is 0.650. The standard InChI is InChI=1S/C22H27N5O3/c1-16(14-17-6-4-13-30-17)23-20(28)8-9-22(29)26-11-5-12-27-21(26)15-18(24-27)19-7-3-10-25(19)2/h3-4,6-7,10,13,15-16H,5,8-9,11-12,14H2,1-2H3,(H,23,28). The molecule has 4 heterocycles. The second-order valence-electron chi connectivity index (χ2n) is 7.77. The van der Waals surface area contributed by atoms with Gasteiger partial charge in [-0.2, -0.15) is 5.10 Å². The molecule has 158 valence electrons. The lowest BCUT2D eigenvalue weighted by molar-refractivity contribution is -0.125. The van der Waals surface area contributed by atoms with E-state index in [0.29, 0.717) is 13.0 Å². The zero-order valence-corrected chi connectivity index (χ0v) is 17.4. The Labute approximate surface area is 175 Å². The van der Waals surface area contributed by atoms with Gasteiger partial charge >= 0.3 is 0 Å². The minimum Gasteiger partial charge on any atom is -0.469 e. The molecule has 1 unspecified atom stereocenters. The van der Waals surface area contributed by atoms with E-state index in [2.05, 4.69) is 10.4 Å². The van der Waals surface area contributed by atoms with Gasteiger partial charge in [0.25, 0.3) is 0 Å². The van der Waals surface area contributed by atoms with Crippen molar-refractivity contribution in [3.8, 4) is 11.4 Å². The number of aryl methyl sites for hydroxylation is 2. The van der Waals surface area contributed by atoms with Crippen molar-refractivity contribution in [3.05, 3.63) is 48.6 Å². The first-order valence-electron chi connectivity index (χ1n) is 10.3. The van der Waals surface area contributed by atoms with Crippen LogP contribution in [0.3, 0.4) is 0 Å². The Morgan fingerprint density at radius 1 is 1.23 bits per heavy atom. The Bertz CT molecular complexity index is 1020. The fourth-order valence-corrected chi connectivity index (χ4v) is 3.87. The second kappa shape index (κ2) is 8.61. The number of carbonyl (C=O) groups excluding carboxylic acids is 2. The molecular weight excluding hydrogens is 382 g/mol. The van der Waals surface area contributed by atoms with E-state index in [1.165, 1.54) is 0 Å².